The van der Waals surface area contributed by atoms with Crippen LogP contribution in [0.1, 0.15) is 16.1 Å². The molecular weight excluding hydrogens is 300 g/mol. The second kappa shape index (κ2) is 6.09. The number of likely N-dealkylation sites (N-methyl/N-ethyl adjacent to an activating group) is 1. The molecule has 0 atom stereocenters. The average molecular weight is 317 g/mol. The number of carbonyl (C=O) groups excluding carboxylic acids is 1. The van der Waals surface area contributed by atoms with Gasteiger partial charge in [-0.1, -0.05) is 0 Å². The van der Waals surface area contributed by atoms with Gasteiger partial charge in [-0.25, -0.2) is 0 Å². The van der Waals surface area contributed by atoms with Crippen LogP contribution in [0.15, 0.2) is 15.9 Å². The Kier molecular flexibility index (Phi) is 4.73. The van der Waals surface area contributed by atoms with E-state index in [0.29, 0.717) is 6.42 Å². The molecule has 0 bridgehead atoms. The zero-order valence-electron chi connectivity index (χ0n) is 9.99. The Morgan fingerprint density at radius 3 is 2.65 bits per heavy atom. The van der Waals surface area contributed by atoms with Gasteiger partial charge in [-0.05, 0) is 35.1 Å². The summed E-state index contributed by atoms with van der Waals surface area (Å²) in [5, 5.41) is 0. The molecular formula is C12H17BrN2OS. The van der Waals surface area contributed by atoms with Gasteiger partial charge in [-0.2, -0.15) is 0 Å². The number of piperazine rings is 1. The van der Waals surface area contributed by atoms with Gasteiger partial charge in [0.15, 0.2) is 5.78 Å². The lowest BCUT2D eigenvalue weighted by Crippen LogP contribution is -2.44. The second-order valence-electron chi connectivity index (χ2n) is 4.42. The lowest BCUT2D eigenvalue weighted by molar-refractivity contribution is 0.0945. The first kappa shape index (κ1) is 13.2. The smallest absolute Gasteiger partial charge is 0.174 e. The minimum atomic E-state index is 0.264. The summed E-state index contributed by atoms with van der Waals surface area (Å²) in [6, 6.07) is 3.84. The van der Waals surface area contributed by atoms with E-state index in [1.54, 1.807) is 0 Å². The molecule has 2 heterocycles. The Hall–Kier alpha value is -0.230. The second-order valence-corrected chi connectivity index (χ2v) is 6.88. The van der Waals surface area contributed by atoms with E-state index in [1.807, 2.05) is 12.1 Å². The fourth-order valence-corrected chi connectivity index (χ4v) is 3.27. The Bertz CT molecular complexity index is 386. The lowest BCUT2D eigenvalue weighted by Gasteiger charge is -2.32. The molecule has 1 aromatic heterocycles. The number of hydrogen-bond acceptors (Lipinski definition) is 4. The van der Waals surface area contributed by atoms with Crippen molar-refractivity contribution in [1.29, 1.82) is 0 Å². The van der Waals surface area contributed by atoms with Crippen LogP contribution in [0.5, 0.6) is 0 Å². The molecule has 1 fully saturated rings. The van der Waals surface area contributed by atoms with Gasteiger partial charge in [-0.3, -0.25) is 4.79 Å². The fourth-order valence-electron chi connectivity index (χ4n) is 1.92. The predicted octanol–water partition coefficient (Wildman–Crippen LogP) is 2.33. The van der Waals surface area contributed by atoms with Crippen LogP contribution in [0.2, 0.25) is 0 Å². The molecule has 1 saturated heterocycles. The topological polar surface area (TPSA) is 23.6 Å². The van der Waals surface area contributed by atoms with E-state index >= 15 is 0 Å². The van der Waals surface area contributed by atoms with E-state index in [0.717, 1.165) is 41.4 Å². The number of thiophene rings is 1. The molecule has 0 aliphatic carbocycles. The maximum absolute atomic E-state index is 11.9. The zero-order chi connectivity index (χ0) is 12.3. The minimum absolute atomic E-state index is 0.264. The van der Waals surface area contributed by atoms with Crippen molar-refractivity contribution in [3.63, 3.8) is 0 Å². The maximum atomic E-state index is 11.9. The summed E-state index contributed by atoms with van der Waals surface area (Å²) in [4.78, 5) is 17.5. The molecule has 5 heteroatoms. The van der Waals surface area contributed by atoms with Crippen LogP contribution in [-0.2, 0) is 0 Å². The molecule has 0 unspecified atom stereocenters. The third kappa shape index (κ3) is 3.88. The molecule has 0 N–H and O–H groups in total. The molecule has 1 aliphatic heterocycles. The normalized spacial score (nSPS) is 18.5. The van der Waals surface area contributed by atoms with Crippen molar-refractivity contribution in [2.45, 2.75) is 6.42 Å². The van der Waals surface area contributed by atoms with Gasteiger partial charge in [0, 0.05) is 39.1 Å². The Balaban J connectivity index is 1.76. The largest absolute Gasteiger partial charge is 0.304 e. The van der Waals surface area contributed by atoms with Gasteiger partial charge in [0.25, 0.3) is 0 Å². The highest BCUT2D eigenvalue weighted by Gasteiger charge is 2.15. The highest BCUT2D eigenvalue weighted by molar-refractivity contribution is 9.11. The van der Waals surface area contributed by atoms with Gasteiger partial charge in [0.05, 0.1) is 8.66 Å². The molecule has 0 aromatic carbocycles. The molecule has 1 aromatic rings. The first-order valence-electron chi connectivity index (χ1n) is 5.84. The van der Waals surface area contributed by atoms with Crippen molar-refractivity contribution in [1.82, 2.24) is 9.80 Å². The number of ketones is 1. The van der Waals surface area contributed by atoms with Gasteiger partial charge in [0.1, 0.15) is 0 Å². The number of rotatable bonds is 4. The molecule has 0 radical (unpaired) electrons. The van der Waals surface area contributed by atoms with E-state index in [4.69, 9.17) is 0 Å². The Morgan fingerprint density at radius 2 is 2.06 bits per heavy atom. The molecule has 94 valence electrons. The Labute approximate surface area is 115 Å². The number of nitrogens with zero attached hydrogens (tertiary/aromatic N) is 2. The number of hydrogen-bond donors (Lipinski definition) is 0. The molecule has 0 spiro atoms. The predicted molar refractivity (Wildman–Crippen MR) is 74.9 cm³/mol. The van der Waals surface area contributed by atoms with E-state index in [1.165, 1.54) is 11.3 Å². The van der Waals surface area contributed by atoms with Crippen LogP contribution < -0.4 is 0 Å². The molecule has 3 nitrogen and oxygen atoms in total. The van der Waals surface area contributed by atoms with Crippen LogP contribution >= 0.6 is 27.3 Å². The van der Waals surface area contributed by atoms with E-state index in [9.17, 15) is 4.79 Å². The SMILES string of the molecule is CN1CCN(CCC(=O)c2ccc(Br)s2)CC1. The van der Waals surface area contributed by atoms with Crippen LogP contribution in [0.3, 0.4) is 0 Å². The van der Waals surface area contributed by atoms with Gasteiger partial charge < -0.3 is 9.80 Å². The van der Waals surface area contributed by atoms with Crippen LogP contribution in [-0.4, -0.2) is 55.4 Å². The molecule has 0 amide bonds. The summed E-state index contributed by atoms with van der Waals surface area (Å²) in [6.07, 6.45) is 0.636. The van der Waals surface area contributed by atoms with Crippen molar-refractivity contribution >= 4 is 33.0 Å². The van der Waals surface area contributed by atoms with Crippen molar-refractivity contribution in [2.24, 2.45) is 0 Å². The van der Waals surface area contributed by atoms with Crippen molar-refractivity contribution in [2.75, 3.05) is 39.8 Å². The fraction of sp³-hybridized carbons (Fsp3) is 0.583. The van der Waals surface area contributed by atoms with E-state index in [2.05, 4.69) is 32.8 Å². The maximum Gasteiger partial charge on any atom is 0.174 e. The van der Waals surface area contributed by atoms with Crippen LogP contribution in [0.25, 0.3) is 0 Å². The summed E-state index contributed by atoms with van der Waals surface area (Å²) in [7, 11) is 2.14. The third-order valence-electron chi connectivity index (χ3n) is 3.10. The van der Waals surface area contributed by atoms with Crippen molar-refractivity contribution < 1.29 is 4.79 Å². The molecule has 1 aliphatic rings. The summed E-state index contributed by atoms with van der Waals surface area (Å²) in [6.45, 7) is 5.27. The van der Waals surface area contributed by atoms with Crippen LogP contribution in [0.4, 0.5) is 0 Å². The summed E-state index contributed by atoms with van der Waals surface area (Å²) < 4.78 is 1.03. The van der Waals surface area contributed by atoms with E-state index < -0.39 is 0 Å². The zero-order valence-corrected chi connectivity index (χ0v) is 12.4. The average Bonchev–Trinajstić information content (AvgIpc) is 2.75. The first-order valence-corrected chi connectivity index (χ1v) is 7.45. The highest BCUT2D eigenvalue weighted by Crippen LogP contribution is 2.23. The van der Waals surface area contributed by atoms with Crippen LogP contribution in [0, 0.1) is 0 Å². The van der Waals surface area contributed by atoms with E-state index in [-0.39, 0.29) is 5.78 Å². The standard InChI is InChI=1S/C12H17BrN2OS/c1-14-6-8-15(9-7-14)5-4-10(16)11-2-3-12(13)17-11/h2-3H,4-9H2,1H3. The summed E-state index contributed by atoms with van der Waals surface area (Å²) >= 11 is 4.91. The van der Waals surface area contributed by atoms with Gasteiger partial charge in [-0.15, -0.1) is 11.3 Å². The van der Waals surface area contributed by atoms with Gasteiger partial charge >= 0.3 is 0 Å². The summed E-state index contributed by atoms with van der Waals surface area (Å²) in [5.41, 5.74) is 0. The monoisotopic (exact) mass is 316 g/mol. The molecule has 0 saturated carbocycles. The highest BCUT2D eigenvalue weighted by atomic mass is 79.9. The van der Waals surface area contributed by atoms with Crippen molar-refractivity contribution in [3.05, 3.63) is 20.8 Å². The molecule has 2 rings (SSSR count). The van der Waals surface area contributed by atoms with Crippen molar-refractivity contribution in [3.8, 4) is 0 Å². The Morgan fingerprint density at radius 1 is 1.35 bits per heavy atom. The molecule has 17 heavy (non-hydrogen) atoms. The number of carbonyl (C=O) groups is 1. The lowest BCUT2D eigenvalue weighted by atomic mass is 10.2. The first-order chi connectivity index (χ1) is 8.15. The summed E-state index contributed by atoms with van der Waals surface area (Å²) in [5.74, 6) is 0.264. The minimum Gasteiger partial charge on any atom is -0.304 e. The van der Waals surface area contributed by atoms with Gasteiger partial charge in [0.2, 0.25) is 0 Å². The number of halogens is 1. The number of Topliss-reactive ketones (excluding diaryl/α,β-unsaturated/α-hetero) is 1. The quantitative estimate of drug-likeness (QED) is 0.797. The third-order valence-corrected chi connectivity index (χ3v) is 4.76.